The van der Waals surface area contributed by atoms with Gasteiger partial charge in [0.05, 0.1) is 35.9 Å². The van der Waals surface area contributed by atoms with Crippen LogP contribution in [-0.2, 0) is 19.5 Å². The van der Waals surface area contributed by atoms with Crippen molar-refractivity contribution in [1.82, 2.24) is 0 Å². The van der Waals surface area contributed by atoms with E-state index in [1.807, 2.05) is 4.72 Å². The molecule has 27 heavy (non-hydrogen) atoms. The number of anilines is 1. The normalized spacial score (nSPS) is 11.0. The maximum Gasteiger partial charge on any atom is 0.340 e. The molecule has 0 spiro atoms. The third-order valence-electron chi connectivity index (χ3n) is 3.61. The SMILES string of the molecule is COC(=O)c1ccc(C)c(S(=O)(=O)Nc2cc(C(=O)OC)c(F)cc2F)c1. The largest absolute Gasteiger partial charge is 0.465 e. The second-order valence-corrected chi connectivity index (χ2v) is 7.03. The molecule has 10 heteroatoms. The number of sulfonamides is 1. The van der Waals surface area contributed by atoms with Gasteiger partial charge in [-0.15, -0.1) is 0 Å². The second kappa shape index (κ2) is 7.70. The van der Waals surface area contributed by atoms with E-state index in [0.717, 1.165) is 20.3 Å². The van der Waals surface area contributed by atoms with Gasteiger partial charge in [0.15, 0.2) is 0 Å². The zero-order chi connectivity index (χ0) is 20.4. The molecule has 0 aliphatic carbocycles. The molecule has 0 fully saturated rings. The smallest absolute Gasteiger partial charge is 0.340 e. The number of nitrogens with one attached hydrogen (secondary N) is 1. The lowest BCUT2D eigenvalue weighted by Gasteiger charge is -2.13. The number of methoxy groups -OCH3 is 2. The minimum Gasteiger partial charge on any atom is -0.465 e. The molecule has 0 aromatic heterocycles. The summed E-state index contributed by atoms with van der Waals surface area (Å²) < 4.78 is 63.8. The minimum atomic E-state index is -4.37. The molecule has 2 aromatic rings. The Hall–Kier alpha value is -3.01. The van der Waals surface area contributed by atoms with E-state index < -0.39 is 44.8 Å². The Kier molecular flexibility index (Phi) is 5.79. The summed E-state index contributed by atoms with van der Waals surface area (Å²) in [6, 6.07) is 4.86. The molecule has 0 radical (unpaired) electrons. The number of halogens is 2. The first-order valence-electron chi connectivity index (χ1n) is 7.40. The highest BCUT2D eigenvalue weighted by Gasteiger charge is 2.23. The molecule has 0 unspecified atom stereocenters. The summed E-state index contributed by atoms with van der Waals surface area (Å²) in [7, 11) is -2.23. The first-order valence-corrected chi connectivity index (χ1v) is 8.88. The van der Waals surface area contributed by atoms with E-state index in [0.29, 0.717) is 12.1 Å². The van der Waals surface area contributed by atoms with E-state index in [4.69, 9.17) is 0 Å². The second-order valence-electron chi connectivity index (χ2n) is 5.38. The molecule has 7 nitrogen and oxygen atoms in total. The Morgan fingerprint density at radius 1 is 0.963 bits per heavy atom. The summed E-state index contributed by atoms with van der Waals surface area (Å²) in [5.41, 5.74) is -1.06. The fourth-order valence-corrected chi connectivity index (χ4v) is 3.56. The number of rotatable bonds is 5. The Bertz CT molecular complexity index is 1020. The van der Waals surface area contributed by atoms with E-state index in [9.17, 15) is 26.8 Å². The van der Waals surface area contributed by atoms with Crippen LogP contribution in [0.2, 0.25) is 0 Å². The number of aryl methyl sites for hydroxylation is 1. The third-order valence-corrected chi connectivity index (χ3v) is 5.11. The fraction of sp³-hybridized carbons (Fsp3) is 0.176. The number of hydrogen-bond donors (Lipinski definition) is 1. The molecule has 2 aromatic carbocycles. The quantitative estimate of drug-likeness (QED) is 0.776. The molecule has 0 aliphatic rings. The van der Waals surface area contributed by atoms with Crippen molar-refractivity contribution in [2.45, 2.75) is 11.8 Å². The molecule has 1 N–H and O–H groups in total. The Morgan fingerprint density at radius 2 is 1.59 bits per heavy atom. The van der Waals surface area contributed by atoms with Crippen LogP contribution in [-0.4, -0.2) is 34.6 Å². The van der Waals surface area contributed by atoms with Crippen molar-refractivity contribution in [2.75, 3.05) is 18.9 Å². The first kappa shape index (κ1) is 20.3. The summed E-state index contributed by atoms with van der Waals surface area (Å²) in [4.78, 5) is 22.8. The monoisotopic (exact) mass is 399 g/mol. The van der Waals surface area contributed by atoms with Crippen LogP contribution in [0.3, 0.4) is 0 Å². The summed E-state index contributed by atoms with van der Waals surface area (Å²) in [6.45, 7) is 1.47. The molecule has 2 rings (SSSR count). The van der Waals surface area contributed by atoms with E-state index in [2.05, 4.69) is 9.47 Å². The zero-order valence-corrected chi connectivity index (χ0v) is 15.3. The van der Waals surface area contributed by atoms with Crippen LogP contribution >= 0.6 is 0 Å². The van der Waals surface area contributed by atoms with Crippen LogP contribution < -0.4 is 4.72 Å². The van der Waals surface area contributed by atoms with Crippen LogP contribution in [0.15, 0.2) is 35.2 Å². The molecule has 0 heterocycles. The number of carbonyl (C=O) groups is 2. The summed E-state index contributed by atoms with van der Waals surface area (Å²) in [6.07, 6.45) is 0. The van der Waals surface area contributed by atoms with Gasteiger partial charge in [-0.2, -0.15) is 0 Å². The van der Waals surface area contributed by atoms with E-state index in [1.165, 1.54) is 19.1 Å². The van der Waals surface area contributed by atoms with Crippen LogP contribution in [0.25, 0.3) is 0 Å². The fourth-order valence-electron chi connectivity index (χ4n) is 2.23. The van der Waals surface area contributed by atoms with E-state index in [1.54, 1.807) is 0 Å². The Balaban J connectivity index is 2.51. The average molecular weight is 399 g/mol. The maximum atomic E-state index is 14.0. The molecule has 144 valence electrons. The van der Waals surface area contributed by atoms with Crippen molar-refractivity contribution in [2.24, 2.45) is 0 Å². The minimum absolute atomic E-state index is 0.0293. The van der Waals surface area contributed by atoms with Gasteiger partial charge in [0, 0.05) is 6.07 Å². The predicted octanol–water partition coefficient (Wildman–Crippen LogP) is 2.65. The molecular formula is C17H15F2NO6S. The van der Waals surface area contributed by atoms with Gasteiger partial charge in [-0.1, -0.05) is 6.07 Å². The predicted molar refractivity (Wildman–Crippen MR) is 91.0 cm³/mol. The molecular weight excluding hydrogens is 384 g/mol. The van der Waals surface area contributed by atoms with Gasteiger partial charge >= 0.3 is 11.9 Å². The van der Waals surface area contributed by atoms with Gasteiger partial charge in [0.1, 0.15) is 11.6 Å². The summed E-state index contributed by atoms with van der Waals surface area (Å²) in [5.74, 6) is -4.29. The number of carbonyl (C=O) groups excluding carboxylic acids is 2. The van der Waals surface area contributed by atoms with E-state index >= 15 is 0 Å². The van der Waals surface area contributed by atoms with Crippen molar-refractivity contribution in [3.63, 3.8) is 0 Å². The Morgan fingerprint density at radius 3 is 2.19 bits per heavy atom. The molecule has 0 amide bonds. The standard InChI is InChI=1S/C17H15F2NO6S/c1-9-4-5-10(16(21)25-2)6-15(9)27(23,24)20-14-7-11(17(22)26-3)12(18)8-13(14)19/h4-8,20H,1-3H3. The highest BCUT2D eigenvalue weighted by Crippen LogP contribution is 2.25. The van der Waals surface area contributed by atoms with Crippen molar-refractivity contribution in [1.29, 1.82) is 0 Å². The van der Waals surface area contributed by atoms with Gasteiger partial charge < -0.3 is 9.47 Å². The van der Waals surface area contributed by atoms with Gasteiger partial charge in [-0.3, -0.25) is 4.72 Å². The third kappa shape index (κ3) is 4.22. The summed E-state index contributed by atoms with van der Waals surface area (Å²) in [5, 5.41) is 0. The number of esters is 2. The lowest BCUT2D eigenvalue weighted by molar-refractivity contribution is 0.0588. The van der Waals surface area contributed by atoms with Crippen LogP contribution in [0, 0.1) is 18.6 Å². The van der Waals surface area contributed by atoms with Crippen LogP contribution in [0.4, 0.5) is 14.5 Å². The zero-order valence-electron chi connectivity index (χ0n) is 14.5. The van der Waals surface area contributed by atoms with Gasteiger partial charge in [-0.25, -0.2) is 26.8 Å². The number of ether oxygens (including phenoxy) is 2. The lowest BCUT2D eigenvalue weighted by atomic mass is 10.1. The average Bonchev–Trinajstić information content (AvgIpc) is 2.62. The highest BCUT2D eigenvalue weighted by atomic mass is 32.2. The first-order chi connectivity index (χ1) is 12.6. The topological polar surface area (TPSA) is 98.8 Å². The highest BCUT2D eigenvalue weighted by molar-refractivity contribution is 7.92. The number of hydrogen-bond acceptors (Lipinski definition) is 6. The van der Waals surface area contributed by atoms with Crippen molar-refractivity contribution >= 4 is 27.6 Å². The van der Waals surface area contributed by atoms with Crippen LogP contribution in [0.5, 0.6) is 0 Å². The van der Waals surface area contributed by atoms with Gasteiger partial charge in [0.2, 0.25) is 0 Å². The number of benzene rings is 2. The Labute approximate surface area is 154 Å². The van der Waals surface area contributed by atoms with E-state index in [-0.39, 0.29) is 16.0 Å². The summed E-state index contributed by atoms with van der Waals surface area (Å²) >= 11 is 0. The van der Waals surface area contributed by atoms with Crippen LogP contribution in [0.1, 0.15) is 26.3 Å². The molecule has 0 saturated carbocycles. The lowest BCUT2D eigenvalue weighted by Crippen LogP contribution is -2.17. The van der Waals surface area contributed by atoms with Gasteiger partial charge in [0.25, 0.3) is 10.0 Å². The van der Waals surface area contributed by atoms with Crippen molar-refractivity contribution < 1.29 is 36.3 Å². The van der Waals surface area contributed by atoms with Crippen molar-refractivity contribution in [3.8, 4) is 0 Å². The maximum absolute atomic E-state index is 14.0. The van der Waals surface area contributed by atoms with Crippen molar-refractivity contribution in [3.05, 3.63) is 58.7 Å². The molecule has 0 saturated heterocycles. The van der Waals surface area contributed by atoms with Gasteiger partial charge in [-0.05, 0) is 30.7 Å². The molecule has 0 aliphatic heterocycles. The molecule has 0 bridgehead atoms. The molecule has 0 atom stereocenters.